The highest BCUT2D eigenvalue weighted by molar-refractivity contribution is 7.17. The fourth-order valence-corrected chi connectivity index (χ4v) is 3.66. The molecule has 4 rings (SSSR count). The Hall–Kier alpha value is -1.13. The van der Waals surface area contributed by atoms with Crippen LogP contribution in [0.15, 0.2) is 23.7 Å². The Balaban J connectivity index is 1.52. The smallest absolute Gasteiger partial charge is 0.134 e. The number of fused-ring (bicyclic) bond motifs is 1. The summed E-state index contributed by atoms with van der Waals surface area (Å²) >= 11 is 1.78. The highest BCUT2D eigenvalue weighted by atomic mass is 32.1. The summed E-state index contributed by atoms with van der Waals surface area (Å²) in [4.78, 5) is 7.14. The molecule has 0 radical (unpaired) electrons. The molecule has 1 atom stereocenters. The first kappa shape index (κ1) is 10.8. The molecule has 0 bridgehead atoms. The molecule has 0 aromatic carbocycles. The van der Waals surface area contributed by atoms with Crippen LogP contribution in [-0.4, -0.2) is 35.1 Å². The number of aromatic nitrogens is 1. The normalized spacial score (nSPS) is 24.8. The molecule has 18 heavy (non-hydrogen) atoms. The second kappa shape index (κ2) is 4.21. The minimum absolute atomic E-state index is 0.573. The minimum Gasteiger partial charge on any atom is -0.365 e. The van der Waals surface area contributed by atoms with Crippen molar-refractivity contribution in [2.45, 2.75) is 31.3 Å². The van der Waals surface area contributed by atoms with E-state index in [1.807, 2.05) is 6.20 Å². The Kier molecular flexibility index (Phi) is 2.52. The summed E-state index contributed by atoms with van der Waals surface area (Å²) in [5.74, 6) is 1.07. The molecule has 1 aliphatic heterocycles. The lowest BCUT2D eigenvalue weighted by atomic mass is 10.2. The summed E-state index contributed by atoms with van der Waals surface area (Å²) in [7, 11) is 0. The molecule has 1 N–H and O–H groups in total. The quantitative estimate of drug-likeness (QED) is 0.918. The van der Waals surface area contributed by atoms with Gasteiger partial charge in [-0.15, -0.1) is 11.3 Å². The fourth-order valence-electron chi connectivity index (χ4n) is 2.88. The maximum Gasteiger partial charge on any atom is 0.134 e. The van der Waals surface area contributed by atoms with E-state index >= 15 is 0 Å². The second-order valence-corrected chi connectivity index (χ2v) is 6.30. The summed E-state index contributed by atoms with van der Waals surface area (Å²) in [6.07, 6.45) is 5.98. The van der Waals surface area contributed by atoms with E-state index in [-0.39, 0.29) is 0 Å². The Morgan fingerprint density at radius 1 is 1.28 bits per heavy atom. The van der Waals surface area contributed by atoms with Crippen LogP contribution in [0, 0.1) is 0 Å². The highest BCUT2D eigenvalue weighted by Crippen LogP contribution is 2.31. The lowest BCUT2D eigenvalue weighted by Gasteiger charge is -2.16. The van der Waals surface area contributed by atoms with Crippen LogP contribution in [0.1, 0.15) is 19.3 Å². The molecule has 2 aromatic rings. The van der Waals surface area contributed by atoms with Crippen molar-refractivity contribution in [3.05, 3.63) is 23.7 Å². The Morgan fingerprint density at radius 2 is 2.22 bits per heavy atom. The fraction of sp³-hybridized carbons (Fsp3) is 0.500. The predicted octanol–water partition coefficient (Wildman–Crippen LogP) is 2.94. The summed E-state index contributed by atoms with van der Waals surface area (Å²) in [5, 5.41) is 7.05. The van der Waals surface area contributed by atoms with Crippen LogP contribution in [-0.2, 0) is 0 Å². The summed E-state index contributed by atoms with van der Waals surface area (Å²) in [6.45, 7) is 2.44. The van der Waals surface area contributed by atoms with Gasteiger partial charge >= 0.3 is 0 Å². The first-order valence-corrected chi connectivity index (χ1v) is 7.61. The van der Waals surface area contributed by atoms with Gasteiger partial charge in [0.05, 0.1) is 0 Å². The van der Waals surface area contributed by atoms with Crippen molar-refractivity contribution >= 4 is 27.2 Å². The summed E-state index contributed by atoms with van der Waals surface area (Å²) in [5.41, 5.74) is 0. The molecule has 0 amide bonds. The third kappa shape index (κ3) is 1.89. The zero-order valence-electron chi connectivity index (χ0n) is 10.3. The van der Waals surface area contributed by atoms with Crippen LogP contribution in [0.5, 0.6) is 0 Å². The van der Waals surface area contributed by atoms with Gasteiger partial charge in [0.1, 0.15) is 5.82 Å². The average Bonchev–Trinajstić information content (AvgIpc) is 2.94. The van der Waals surface area contributed by atoms with Gasteiger partial charge in [0.15, 0.2) is 0 Å². The van der Waals surface area contributed by atoms with Gasteiger partial charge in [-0.1, -0.05) is 0 Å². The van der Waals surface area contributed by atoms with Crippen molar-refractivity contribution in [3.8, 4) is 0 Å². The van der Waals surface area contributed by atoms with Crippen LogP contribution in [0.4, 0.5) is 5.82 Å². The molecule has 1 saturated heterocycles. The van der Waals surface area contributed by atoms with E-state index in [4.69, 9.17) is 0 Å². The van der Waals surface area contributed by atoms with Crippen molar-refractivity contribution in [3.63, 3.8) is 0 Å². The van der Waals surface area contributed by atoms with E-state index in [2.05, 4.69) is 32.7 Å². The molecule has 1 aliphatic carbocycles. The number of hydrogen-bond donors (Lipinski definition) is 1. The van der Waals surface area contributed by atoms with Crippen molar-refractivity contribution in [1.82, 2.24) is 9.88 Å². The first-order chi connectivity index (χ1) is 8.90. The highest BCUT2D eigenvalue weighted by Gasteiger charge is 2.34. The standard InChI is InChI=1S/C14H17N3S/c1-2-11(1)17-7-4-10(9-17)16-14-12-5-8-18-13(12)3-6-15-14/h3,5-6,8,10-11H,1-2,4,7,9H2,(H,15,16). The van der Waals surface area contributed by atoms with E-state index in [0.29, 0.717) is 6.04 Å². The van der Waals surface area contributed by atoms with Gasteiger partial charge in [0, 0.05) is 41.5 Å². The van der Waals surface area contributed by atoms with E-state index in [0.717, 1.165) is 11.9 Å². The van der Waals surface area contributed by atoms with Gasteiger partial charge in [-0.2, -0.15) is 0 Å². The first-order valence-electron chi connectivity index (χ1n) is 6.73. The lowest BCUT2D eigenvalue weighted by Crippen LogP contribution is -2.28. The van der Waals surface area contributed by atoms with E-state index in [1.54, 1.807) is 11.3 Å². The third-order valence-electron chi connectivity index (χ3n) is 4.00. The molecule has 1 unspecified atom stereocenters. The van der Waals surface area contributed by atoms with Crippen LogP contribution in [0.2, 0.25) is 0 Å². The summed E-state index contributed by atoms with van der Waals surface area (Å²) in [6, 6.07) is 5.73. The van der Waals surface area contributed by atoms with Crippen molar-refractivity contribution < 1.29 is 0 Å². The third-order valence-corrected chi connectivity index (χ3v) is 4.89. The van der Waals surface area contributed by atoms with E-state index < -0.39 is 0 Å². The Labute approximate surface area is 111 Å². The zero-order chi connectivity index (χ0) is 11.9. The SMILES string of the molecule is c1cc2sccc2c(NC2CCN(C3CC3)C2)n1. The Morgan fingerprint density at radius 3 is 3.11 bits per heavy atom. The monoisotopic (exact) mass is 259 g/mol. The number of hydrogen-bond acceptors (Lipinski definition) is 4. The van der Waals surface area contributed by atoms with Crippen LogP contribution in [0.25, 0.3) is 10.1 Å². The lowest BCUT2D eigenvalue weighted by molar-refractivity contribution is 0.326. The van der Waals surface area contributed by atoms with Gasteiger partial charge in [0.2, 0.25) is 0 Å². The molecule has 0 spiro atoms. The van der Waals surface area contributed by atoms with Gasteiger partial charge in [-0.25, -0.2) is 4.98 Å². The van der Waals surface area contributed by atoms with Gasteiger partial charge < -0.3 is 5.32 Å². The zero-order valence-corrected chi connectivity index (χ0v) is 11.1. The van der Waals surface area contributed by atoms with Gasteiger partial charge in [-0.3, -0.25) is 4.90 Å². The molecule has 4 heteroatoms. The van der Waals surface area contributed by atoms with Crippen molar-refractivity contribution in [2.75, 3.05) is 18.4 Å². The van der Waals surface area contributed by atoms with Gasteiger partial charge in [-0.05, 0) is 36.8 Å². The number of anilines is 1. The largest absolute Gasteiger partial charge is 0.365 e. The molecule has 3 nitrogen and oxygen atoms in total. The Bertz CT molecular complexity index is 561. The van der Waals surface area contributed by atoms with E-state index in [1.165, 1.54) is 42.4 Å². The topological polar surface area (TPSA) is 28.2 Å². The maximum absolute atomic E-state index is 4.51. The van der Waals surface area contributed by atoms with E-state index in [9.17, 15) is 0 Å². The van der Waals surface area contributed by atoms with Crippen molar-refractivity contribution in [2.24, 2.45) is 0 Å². The van der Waals surface area contributed by atoms with Crippen molar-refractivity contribution in [1.29, 1.82) is 0 Å². The molecule has 1 saturated carbocycles. The van der Waals surface area contributed by atoms with Crippen LogP contribution in [0.3, 0.4) is 0 Å². The predicted molar refractivity (Wildman–Crippen MR) is 76.2 cm³/mol. The summed E-state index contributed by atoms with van der Waals surface area (Å²) < 4.78 is 1.32. The number of thiophene rings is 1. The number of rotatable bonds is 3. The second-order valence-electron chi connectivity index (χ2n) is 5.35. The molecule has 3 heterocycles. The average molecular weight is 259 g/mol. The number of likely N-dealkylation sites (tertiary alicyclic amines) is 1. The molecular formula is C14H17N3S. The van der Waals surface area contributed by atoms with Crippen LogP contribution >= 0.6 is 11.3 Å². The molecular weight excluding hydrogens is 242 g/mol. The van der Waals surface area contributed by atoms with Gasteiger partial charge in [0.25, 0.3) is 0 Å². The molecule has 2 fully saturated rings. The van der Waals surface area contributed by atoms with Crippen LogP contribution < -0.4 is 5.32 Å². The molecule has 2 aromatic heterocycles. The minimum atomic E-state index is 0.573. The number of nitrogens with zero attached hydrogens (tertiary/aromatic N) is 2. The molecule has 2 aliphatic rings. The number of pyridine rings is 1. The number of nitrogens with one attached hydrogen (secondary N) is 1. The molecule has 94 valence electrons. The maximum atomic E-state index is 4.51.